The lowest BCUT2D eigenvalue weighted by molar-refractivity contribution is 0.148. The molecule has 22 heavy (non-hydrogen) atoms. The molecular weight excluding hydrogens is 274 g/mol. The number of rotatable bonds is 4. The summed E-state index contributed by atoms with van der Waals surface area (Å²) in [5, 5.41) is 3.31. The van der Waals surface area contributed by atoms with Gasteiger partial charge in [0.15, 0.2) is 0 Å². The van der Waals surface area contributed by atoms with Crippen molar-refractivity contribution >= 4 is 11.5 Å². The molecule has 1 saturated heterocycles. The number of piperazine rings is 1. The molecule has 2 heterocycles. The van der Waals surface area contributed by atoms with Gasteiger partial charge in [-0.1, -0.05) is 12.1 Å². The van der Waals surface area contributed by atoms with Crippen LogP contribution in [-0.4, -0.2) is 53.0 Å². The number of anilines is 2. The highest BCUT2D eigenvalue weighted by Crippen LogP contribution is 2.16. The van der Waals surface area contributed by atoms with E-state index in [1.165, 1.54) is 5.56 Å². The summed E-state index contributed by atoms with van der Waals surface area (Å²) >= 11 is 0. The molecule has 5 nitrogen and oxygen atoms in total. The predicted molar refractivity (Wildman–Crippen MR) is 89.3 cm³/mol. The second-order valence-electron chi connectivity index (χ2n) is 5.95. The van der Waals surface area contributed by atoms with E-state index in [0.29, 0.717) is 0 Å². The van der Waals surface area contributed by atoms with E-state index < -0.39 is 0 Å². The van der Waals surface area contributed by atoms with E-state index in [9.17, 15) is 0 Å². The smallest absolute Gasteiger partial charge is 0.133 e. The fourth-order valence-corrected chi connectivity index (χ4v) is 2.63. The van der Waals surface area contributed by atoms with Crippen LogP contribution in [0.15, 0.2) is 36.7 Å². The minimum absolute atomic E-state index is 0.833. The standard InChI is InChI=1S/C17H23N5/c1-14-11-17(19-13-18-14)20-16-5-3-15(4-6-16)12-22-9-7-21(2)8-10-22/h3-6,11,13H,7-10,12H2,1-2H3,(H,18,19,20). The zero-order valence-corrected chi connectivity index (χ0v) is 13.3. The van der Waals surface area contributed by atoms with Gasteiger partial charge in [0.1, 0.15) is 12.1 Å². The minimum atomic E-state index is 0.833. The molecule has 116 valence electrons. The predicted octanol–water partition coefficient (Wildman–Crippen LogP) is 2.28. The Balaban J connectivity index is 1.58. The molecule has 0 unspecified atom stereocenters. The van der Waals surface area contributed by atoms with Gasteiger partial charge in [0.05, 0.1) is 0 Å². The molecule has 3 rings (SSSR count). The van der Waals surface area contributed by atoms with Crippen LogP contribution < -0.4 is 5.32 Å². The molecule has 0 aliphatic carbocycles. The van der Waals surface area contributed by atoms with Crippen molar-refractivity contribution in [1.82, 2.24) is 19.8 Å². The zero-order chi connectivity index (χ0) is 15.4. The molecule has 1 aromatic carbocycles. The minimum Gasteiger partial charge on any atom is -0.340 e. The Morgan fingerprint density at radius 1 is 1.05 bits per heavy atom. The molecule has 1 aliphatic heterocycles. The lowest BCUT2D eigenvalue weighted by Crippen LogP contribution is -2.43. The number of hydrogen-bond donors (Lipinski definition) is 1. The van der Waals surface area contributed by atoms with Crippen LogP contribution >= 0.6 is 0 Å². The van der Waals surface area contributed by atoms with E-state index in [-0.39, 0.29) is 0 Å². The maximum Gasteiger partial charge on any atom is 0.133 e. The van der Waals surface area contributed by atoms with E-state index in [2.05, 4.69) is 56.4 Å². The van der Waals surface area contributed by atoms with Gasteiger partial charge < -0.3 is 10.2 Å². The number of benzene rings is 1. The van der Waals surface area contributed by atoms with Crippen LogP contribution in [0.5, 0.6) is 0 Å². The summed E-state index contributed by atoms with van der Waals surface area (Å²) < 4.78 is 0. The van der Waals surface area contributed by atoms with Crippen LogP contribution in [0.4, 0.5) is 11.5 Å². The number of aryl methyl sites for hydroxylation is 1. The van der Waals surface area contributed by atoms with Crippen molar-refractivity contribution in [3.05, 3.63) is 47.9 Å². The molecule has 0 spiro atoms. The Hall–Kier alpha value is -1.98. The molecule has 0 saturated carbocycles. The summed E-state index contributed by atoms with van der Waals surface area (Å²) in [4.78, 5) is 13.2. The van der Waals surface area contributed by atoms with Crippen LogP contribution in [0, 0.1) is 6.92 Å². The van der Waals surface area contributed by atoms with Crippen LogP contribution in [0.1, 0.15) is 11.3 Å². The Kier molecular flexibility index (Phi) is 4.65. The first-order valence-electron chi connectivity index (χ1n) is 7.74. The van der Waals surface area contributed by atoms with Crippen LogP contribution in [-0.2, 0) is 6.54 Å². The molecular formula is C17H23N5. The number of nitrogens with zero attached hydrogens (tertiary/aromatic N) is 4. The van der Waals surface area contributed by atoms with Gasteiger partial charge in [0.2, 0.25) is 0 Å². The molecule has 0 bridgehead atoms. The topological polar surface area (TPSA) is 44.3 Å². The number of aromatic nitrogens is 2. The summed E-state index contributed by atoms with van der Waals surface area (Å²) in [6.45, 7) is 7.61. The molecule has 5 heteroatoms. The highest BCUT2D eigenvalue weighted by molar-refractivity contribution is 5.56. The third kappa shape index (κ3) is 4.02. The maximum absolute atomic E-state index is 4.22. The third-order valence-corrected chi connectivity index (χ3v) is 4.03. The zero-order valence-electron chi connectivity index (χ0n) is 13.3. The van der Waals surface area contributed by atoms with E-state index >= 15 is 0 Å². The van der Waals surface area contributed by atoms with Gasteiger partial charge in [0.25, 0.3) is 0 Å². The number of hydrogen-bond acceptors (Lipinski definition) is 5. The molecule has 2 aromatic rings. The summed E-state index contributed by atoms with van der Waals surface area (Å²) in [5.41, 5.74) is 3.37. The van der Waals surface area contributed by atoms with Gasteiger partial charge in [-0.3, -0.25) is 4.90 Å². The van der Waals surface area contributed by atoms with Gasteiger partial charge in [-0.15, -0.1) is 0 Å². The van der Waals surface area contributed by atoms with Crippen molar-refractivity contribution in [2.75, 3.05) is 38.5 Å². The monoisotopic (exact) mass is 297 g/mol. The van der Waals surface area contributed by atoms with Crippen molar-refractivity contribution in [1.29, 1.82) is 0 Å². The molecule has 0 radical (unpaired) electrons. The van der Waals surface area contributed by atoms with Gasteiger partial charge >= 0.3 is 0 Å². The first kappa shape index (κ1) is 14.9. The SMILES string of the molecule is Cc1cc(Nc2ccc(CN3CCN(C)CC3)cc2)ncn1. The largest absolute Gasteiger partial charge is 0.340 e. The second kappa shape index (κ2) is 6.85. The first-order valence-corrected chi connectivity index (χ1v) is 7.74. The molecule has 0 atom stereocenters. The molecule has 1 aromatic heterocycles. The molecule has 1 N–H and O–H groups in total. The molecule has 1 aliphatic rings. The number of likely N-dealkylation sites (N-methyl/N-ethyl adjacent to an activating group) is 1. The quantitative estimate of drug-likeness (QED) is 0.938. The Morgan fingerprint density at radius 3 is 2.45 bits per heavy atom. The first-order chi connectivity index (χ1) is 10.7. The van der Waals surface area contributed by atoms with Crippen molar-refractivity contribution in [3.8, 4) is 0 Å². The maximum atomic E-state index is 4.22. The van der Waals surface area contributed by atoms with Crippen LogP contribution in [0.25, 0.3) is 0 Å². The highest BCUT2D eigenvalue weighted by atomic mass is 15.2. The average molecular weight is 297 g/mol. The van der Waals surface area contributed by atoms with Gasteiger partial charge in [-0.25, -0.2) is 9.97 Å². The van der Waals surface area contributed by atoms with Crippen molar-refractivity contribution < 1.29 is 0 Å². The van der Waals surface area contributed by atoms with Crippen molar-refractivity contribution in [3.63, 3.8) is 0 Å². The van der Waals surface area contributed by atoms with Crippen molar-refractivity contribution in [2.45, 2.75) is 13.5 Å². The summed E-state index contributed by atoms with van der Waals surface area (Å²) in [6.07, 6.45) is 1.58. The van der Waals surface area contributed by atoms with E-state index in [4.69, 9.17) is 0 Å². The van der Waals surface area contributed by atoms with Gasteiger partial charge in [-0.2, -0.15) is 0 Å². The fourth-order valence-electron chi connectivity index (χ4n) is 2.63. The van der Waals surface area contributed by atoms with Gasteiger partial charge in [0, 0.05) is 50.2 Å². The van der Waals surface area contributed by atoms with Gasteiger partial charge in [-0.05, 0) is 31.7 Å². The molecule has 0 amide bonds. The Morgan fingerprint density at radius 2 is 1.77 bits per heavy atom. The van der Waals surface area contributed by atoms with E-state index in [1.54, 1.807) is 6.33 Å². The number of nitrogens with one attached hydrogen (secondary N) is 1. The molecule has 1 fully saturated rings. The summed E-state index contributed by atoms with van der Waals surface area (Å²) in [5.74, 6) is 0.833. The summed E-state index contributed by atoms with van der Waals surface area (Å²) in [7, 11) is 2.19. The Bertz CT molecular complexity index is 603. The normalized spacial score (nSPS) is 16.6. The average Bonchev–Trinajstić information content (AvgIpc) is 2.52. The van der Waals surface area contributed by atoms with Crippen LogP contribution in [0.3, 0.4) is 0 Å². The Labute approximate surface area is 132 Å². The van der Waals surface area contributed by atoms with E-state index in [0.717, 1.165) is 49.9 Å². The second-order valence-corrected chi connectivity index (χ2v) is 5.95. The van der Waals surface area contributed by atoms with Crippen LogP contribution in [0.2, 0.25) is 0 Å². The fraction of sp³-hybridized carbons (Fsp3) is 0.412. The highest BCUT2D eigenvalue weighted by Gasteiger charge is 2.13. The third-order valence-electron chi connectivity index (χ3n) is 4.03. The van der Waals surface area contributed by atoms with E-state index in [1.807, 2.05) is 13.0 Å². The lowest BCUT2D eigenvalue weighted by Gasteiger charge is -2.32. The van der Waals surface area contributed by atoms with Crippen molar-refractivity contribution in [2.24, 2.45) is 0 Å². The lowest BCUT2D eigenvalue weighted by atomic mass is 10.2. The summed E-state index contributed by atoms with van der Waals surface area (Å²) in [6, 6.07) is 10.5.